The van der Waals surface area contributed by atoms with Crippen LogP contribution in [-0.2, 0) is 14.9 Å². The van der Waals surface area contributed by atoms with Gasteiger partial charge < -0.3 is 30.4 Å². The number of ether oxygens (including phenoxy) is 2. The van der Waals surface area contributed by atoms with Gasteiger partial charge in [-0.25, -0.2) is 0 Å². The van der Waals surface area contributed by atoms with E-state index in [0.717, 1.165) is 54.1 Å². The molecule has 0 radical (unpaired) electrons. The number of pyridine rings is 1. The van der Waals surface area contributed by atoms with Gasteiger partial charge in [0.25, 0.3) is 5.91 Å². The van der Waals surface area contributed by atoms with Crippen LogP contribution in [0.3, 0.4) is 0 Å². The van der Waals surface area contributed by atoms with Crippen LogP contribution >= 0.6 is 0 Å². The summed E-state index contributed by atoms with van der Waals surface area (Å²) in [6.45, 7) is 6.77. The summed E-state index contributed by atoms with van der Waals surface area (Å²) in [5.41, 5.74) is 5.43. The average molecular weight is 518 g/mol. The van der Waals surface area contributed by atoms with E-state index in [9.17, 15) is 9.59 Å². The predicted molar refractivity (Wildman–Crippen MR) is 149 cm³/mol. The van der Waals surface area contributed by atoms with Crippen molar-refractivity contribution in [1.82, 2.24) is 20.6 Å². The first-order chi connectivity index (χ1) is 18.0. The number of hydrogen-bond donors (Lipinski definition) is 4. The van der Waals surface area contributed by atoms with Crippen LogP contribution in [0.25, 0.3) is 22.5 Å². The van der Waals surface area contributed by atoms with Crippen molar-refractivity contribution < 1.29 is 19.1 Å². The van der Waals surface area contributed by atoms with E-state index in [0.29, 0.717) is 36.8 Å². The second-order valence-corrected chi connectivity index (χ2v) is 9.39. The Kier molecular flexibility index (Phi) is 8.29. The Labute approximate surface area is 223 Å². The predicted octanol–water partition coefficient (Wildman–Crippen LogP) is 3.89. The summed E-state index contributed by atoms with van der Waals surface area (Å²) in [6.07, 6.45) is 5.04. The summed E-state index contributed by atoms with van der Waals surface area (Å²) in [7, 11) is 1.60. The average Bonchev–Trinajstić information content (AvgIpc) is 3.40. The van der Waals surface area contributed by atoms with Gasteiger partial charge in [-0.3, -0.25) is 14.6 Å². The normalized spacial score (nSPS) is 18.2. The number of aromatic amines is 1. The number of amides is 2. The monoisotopic (exact) mass is 517 g/mol. The second kappa shape index (κ2) is 11.6. The van der Waals surface area contributed by atoms with E-state index in [2.05, 4.69) is 32.5 Å². The first-order valence-electron chi connectivity index (χ1n) is 12.4. The highest BCUT2D eigenvalue weighted by Crippen LogP contribution is 2.38. The molecule has 1 unspecified atom stereocenters. The number of anilines is 1. The molecule has 4 heterocycles. The Morgan fingerprint density at radius 2 is 2.05 bits per heavy atom. The molecule has 3 aromatic rings. The first kappa shape index (κ1) is 27.1. The van der Waals surface area contributed by atoms with Crippen LogP contribution in [0.15, 0.2) is 55.3 Å². The Morgan fingerprint density at radius 1 is 1.18 bits per heavy atom. The van der Waals surface area contributed by atoms with Gasteiger partial charge in [0.2, 0.25) is 5.91 Å². The molecule has 2 aromatic heterocycles. The molecule has 4 N–H and O–H groups in total. The number of methoxy groups -OCH3 is 1. The van der Waals surface area contributed by atoms with Gasteiger partial charge in [-0.2, -0.15) is 0 Å². The molecule has 0 bridgehead atoms. The lowest BCUT2D eigenvalue weighted by Crippen LogP contribution is -2.54. The van der Waals surface area contributed by atoms with Gasteiger partial charge in [-0.05, 0) is 61.9 Å². The number of nitrogens with zero attached hydrogens (tertiary/aromatic N) is 1. The third-order valence-electron chi connectivity index (χ3n) is 6.99. The molecule has 1 atom stereocenters. The van der Waals surface area contributed by atoms with Crippen LogP contribution in [0, 0.1) is 0 Å². The van der Waals surface area contributed by atoms with Crippen molar-refractivity contribution in [3.8, 4) is 28.3 Å². The van der Waals surface area contributed by atoms with Crippen LogP contribution in [0.1, 0.15) is 36.3 Å². The van der Waals surface area contributed by atoms with Gasteiger partial charge in [-0.1, -0.05) is 14.0 Å². The molecule has 38 heavy (non-hydrogen) atoms. The fraction of sp³-hybridized carbons (Fsp3) is 0.345. The maximum absolute atomic E-state index is 12.7. The summed E-state index contributed by atoms with van der Waals surface area (Å²) < 4.78 is 10.8. The molecule has 2 aliphatic heterocycles. The molecule has 9 heteroatoms. The lowest BCUT2D eigenvalue weighted by molar-refractivity contribution is -0.111. The van der Waals surface area contributed by atoms with E-state index in [-0.39, 0.29) is 24.7 Å². The summed E-state index contributed by atoms with van der Waals surface area (Å²) in [5, 5.41) is 9.37. The van der Waals surface area contributed by atoms with Crippen molar-refractivity contribution in [2.45, 2.75) is 25.7 Å². The molecular weight excluding hydrogens is 482 g/mol. The fourth-order valence-corrected chi connectivity index (χ4v) is 5.06. The minimum atomic E-state index is -0.336. The third kappa shape index (κ3) is 5.34. The summed E-state index contributed by atoms with van der Waals surface area (Å²) >= 11 is 0. The van der Waals surface area contributed by atoms with Crippen LogP contribution in [0.2, 0.25) is 0 Å². The maximum Gasteiger partial charge on any atom is 0.253 e. The zero-order valence-corrected chi connectivity index (χ0v) is 20.9. The first-order valence-corrected chi connectivity index (χ1v) is 12.4. The number of benzene rings is 1. The number of nitrogens with one attached hydrogen (secondary N) is 4. The van der Waals surface area contributed by atoms with Crippen molar-refractivity contribution in [3.05, 3.63) is 66.5 Å². The largest absolute Gasteiger partial charge is 0.489 e. The van der Waals surface area contributed by atoms with Crippen LogP contribution in [0.4, 0.5) is 5.69 Å². The SMILES string of the molecule is C.C=CC(=O)Nc1cc(-c2cc(-c3cc4c([nH]3)C3(CCCNC3)CNC4=O)ccn2)ccc1OCCOC. The summed E-state index contributed by atoms with van der Waals surface area (Å²) in [4.78, 5) is 32.9. The highest BCUT2D eigenvalue weighted by atomic mass is 16.5. The van der Waals surface area contributed by atoms with E-state index in [1.54, 1.807) is 19.4 Å². The topological polar surface area (TPSA) is 117 Å². The Hall–Kier alpha value is -3.95. The van der Waals surface area contributed by atoms with Crippen molar-refractivity contribution in [1.29, 1.82) is 0 Å². The molecule has 1 fully saturated rings. The summed E-state index contributed by atoms with van der Waals surface area (Å²) in [6, 6.07) is 11.4. The van der Waals surface area contributed by atoms with E-state index in [4.69, 9.17) is 9.47 Å². The standard InChI is InChI=1S/C28H31N5O4.CH4/c1-3-25(34)32-23-14-18(5-6-24(23)37-12-11-36-2)21-13-19(7-10-30-21)22-15-20-26(33-22)28(17-31-27(20)35)8-4-9-29-16-28;/h3,5-7,10,13-15,29,33H,1,4,8-9,11-12,16-17H2,2H3,(H,31,35)(H,32,34);1H4. The van der Waals surface area contributed by atoms with Gasteiger partial charge >= 0.3 is 0 Å². The zero-order valence-electron chi connectivity index (χ0n) is 20.9. The molecule has 1 spiro atoms. The third-order valence-corrected chi connectivity index (χ3v) is 6.99. The number of piperidine rings is 1. The van der Waals surface area contributed by atoms with Gasteiger partial charge in [0, 0.05) is 54.3 Å². The number of hydrogen-bond acceptors (Lipinski definition) is 6. The van der Waals surface area contributed by atoms with E-state index in [1.165, 1.54) is 6.08 Å². The highest BCUT2D eigenvalue weighted by molar-refractivity contribution is 6.00. The Bertz CT molecular complexity index is 1330. The van der Waals surface area contributed by atoms with Crippen molar-refractivity contribution in [2.24, 2.45) is 0 Å². The number of aromatic nitrogens is 2. The molecular formula is C29H35N5O4. The number of carbonyl (C=O) groups is 2. The van der Waals surface area contributed by atoms with Crippen LogP contribution in [-0.4, -0.2) is 61.7 Å². The van der Waals surface area contributed by atoms with Gasteiger partial charge in [0.1, 0.15) is 12.4 Å². The van der Waals surface area contributed by atoms with Crippen LogP contribution < -0.4 is 20.7 Å². The molecule has 2 aliphatic rings. The van der Waals surface area contributed by atoms with Gasteiger partial charge in [0.05, 0.1) is 23.6 Å². The van der Waals surface area contributed by atoms with E-state index >= 15 is 0 Å². The molecule has 9 nitrogen and oxygen atoms in total. The maximum atomic E-state index is 12.7. The molecule has 1 saturated heterocycles. The Morgan fingerprint density at radius 3 is 2.82 bits per heavy atom. The van der Waals surface area contributed by atoms with Gasteiger partial charge in [-0.15, -0.1) is 0 Å². The Balaban J connectivity index is 0.00000336. The van der Waals surface area contributed by atoms with E-state index in [1.807, 2.05) is 30.3 Å². The molecule has 0 aliphatic carbocycles. The van der Waals surface area contributed by atoms with E-state index < -0.39 is 0 Å². The minimum Gasteiger partial charge on any atom is -0.489 e. The molecule has 2 amide bonds. The number of H-pyrrole nitrogens is 1. The lowest BCUT2D eigenvalue weighted by Gasteiger charge is -2.40. The molecule has 5 rings (SSSR count). The number of carbonyl (C=O) groups excluding carboxylic acids is 2. The zero-order chi connectivity index (χ0) is 25.8. The molecule has 0 saturated carbocycles. The number of rotatable bonds is 8. The van der Waals surface area contributed by atoms with Crippen molar-refractivity contribution in [3.63, 3.8) is 0 Å². The molecule has 200 valence electrons. The number of fused-ring (bicyclic) bond motifs is 2. The van der Waals surface area contributed by atoms with Crippen LogP contribution in [0.5, 0.6) is 5.75 Å². The van der Waals surface area contributed by atoms with Gasteiger partial charge in [0.15, 0.2) is 0 Å². The lowest BCUT2D eigenvalue weighted by atomic mass is 9.74. The van der Waals surface area contributed by atoms with Crippen molar-refractivity contribution >= 4 is 17.5 Å². The smallest absolute Gasteiger partial charge is 0.253 e. The fourth-order valence-electron chi connectivity index (χ4n) is 5.06. The minimum absolute atomic E-state index is 0. The second-order valence-electron chi connectivity index (χ2n) is 9.39. The molecule has 1 aromatic carbocycles. The summed E-state index contributed by atoms with van der Waals surface area (Å²) in [5.74, 6) is 0.146. The highest BCUT2D eigenvalue weighted by Gasteiger charge is 2.42. The quantitative estimate of drug-likeness (QED) is 0.266. The van der Waals surface area contributed by atoms with Crippen molar-refractivity contribution in [2.75, 3.05) is 45.3 Å².